The van der Waals surface area contributed by atoms with Crippen LogP contribution in [0, 0.1) is 0 Å². The molecule has 1 atom stereocenters. The topological polar surface area (TPSA) is 38.8 Å². The van der Waals surface area contributed by atoms with E-state index in [0.29, 0.717) is 0 Å². The van der Waals surface area contributed by atoms with Gasteiger partial charge < -0.3 is 14.4 Å². The van der Waals surface area contributed by atoms with Gasteiger partial charge in [0.15, 0.2) is 0 Å². The summed E-state index contributed by atoms with van der Waals surface area (Å²) >= 11 is 0. The van der Waals surface area contributed by atoms with Crippen LogP contribution in [0.4, 0.5) is 4.79 Å². The van der Waals surface area contributed by atoms with Crippen LogP contribution in [0.2, 0.25) is 0 Å². The lowest BCUT2D eigenvalue weighted by atomic mass is 9.98. The van der Waals surface area contributed by atoms with E-state index >= 15 is 0 Å². The van der Waals surface area contributed by atoms with Gasteiger partial charge in [-0.1, -0.05) is 26.2 Å². The second-order valence-electron chi connectivity index (χ2n) is 5.67. The van der Waals surface area contributed by atoms with E-state index < -0.39 is 0 Å². The summed E-state index contributed by atoms with van der Waals surface area (Å²) < 4.78 is 11.4. The van der Waals surface area contributed by atoms with Crippen molar-refractivity contribution in [2.75, 3.05) is 13.1 Å². The molecule has 2 aliphatic rings. The van der Waals surface area contributed by atoms with Crippen LogP contribution in [0.5, 0.6) is 0 Å². The smallest absolute Gasteiger partial charge is 0.412 e. The van der Waals surface area contributed by atoms with Crippen LogP contribution in [-0.4, -0.2) is 36.5 Å². The van der Waals surface area contributed by atoms with Crippen LogP contribution in [0.15, 0.2) is 0 Å². The van der Waals surface area contributed by atoms with Gasteiger partial charge in [-0.05, 0) is 32.1 Å². The van der Waals surface area contributed by atoms with Crippen LogP contribution >= 0.6 is 0 Å². The zero-order chi connectivity index (χ0) is 13.5. The van der Waals surface area contributed by atoms with Crippen molar-refractivity contribution in [3.8, 4) is 0 Å². The van der Waals surface area contributed by atoms with Gasteiger partial charge in [-0.3, -0.25) is 0 Å². The number of amides is 1. The quantitative estimate of drug-likeness (QED) is 0.731. The van der Waals surface area contributed by atoms with Gasteiger partial charge in [0.1, 0.15) is 0 Å². The van der Waals surface area contributed by atoms with Crippen molar-refractivity contribution < 1.29 is 14.3 Å². The van der Waals surface area contributed by atoms with Crippen molar-refractivity contribution >= 4 is 6.09 Å². The Kier molecular flexibility index (Phi) is 5.95. The molecule has 110 valence electrons. The average Bonchev–Trinajstić information content (AvgIpc) is 2.48. The Balaban J connectivity index is 1.75. The molecule has 1 saturated heterocycles. The molecule has 4 nitrogen and oxygen atoms in total. The highest BCUT2D eigenvalue weighted by Crippen LogP contribution is 2.23. The number of ether oxygens (including phenoxy) is 2. The minimum Gasteiger partial charge on any atom is -0.419 e. The Labute approximate surface area is 116 Å². The Morgan fingerprint density at radius 3 is 2.37 bits per heavy atom. The fourth-order valence-corrected chi connectivity index (χ4v) is 2.89. The first-order valence-corrected chi connectivity index (χ1v) is 7.90. The summed E-state index contributed by atoms with van der Waals surface area (Å²) in [7, 11) is 0. The van der Waals surface area contributed by atoms with E-state index in [1.54, 1.807) is 0 Å². The molecule has 1 aliphatic carbocycles. The average molecular weight is 269 g/mol. The third kappa shape index (κ3) is 4.68. The molecule has 1 heterocycles. The lowest BCUT2D eigenvalue weighted by molar-refractivity contribution is -0.151. The molecule has 4 heteroatoms. The first-order valence-electron chi connectivity index (χ1n) is 7.90. The molecular formula is C15H27NO3. The molecule has 1 saturated carbocycles. The van der Waals surface area contributed by atoms with Crippen molar-refractivity contribution in [2.24, 2.45) is 0 Å². The summed E-state index contributed by atoms with van der Waals surface area (Å²) in [5.41, 5.74) is 0. The lowest BCUT2D eigenvalue weighted by Gasteiger charge is -2.30. The van der Waals surface area contributed by atoms with Crippen LogP contribution in [-0.2, 0) is 9.47 Å². The van der Waals surface area contributed by atoms with Gasteiger partial charge >= 0.3 is 6.09 Å². The zero-order valence-corrected chi connectivity index (χ0v) is 12.1. The van der Waals surface area contributed by atoms with Crippen molar-refractivity contribution in [3.63, 3.8) is 0 Å². The zero-order valence-electron chi connectivity index (χ0n) is 12.1. The summed E-state index contributed by atoms with van der Waals surface area (Å²) in [6.07, 6.45) is 9.87. The second-order valence-corrected chi connectivity index (χ2v) is 5.67. The van der Waals surface area contributed by atoms with Gasteiger partial charge in [0.25, 0.3) is 0 Å². The highest BCUT2D eigenvalue weighted by Gasteiger charge is 2.24. The molecule has 2 rings (SSSR count). The third-order valence-electron chi connectivity index (χ3n) is 4.08. The standard InChI is InChI=1S/C15H27NO3/c1-2-14(18-13-9-5-3-6-10-13)19-15(17)16-11-7-4-8-12-16/h13-14H,2-12H2,1H3. The van der Waals surface area contributed by atoms with Gasteiger partial charge in [0, 0.05) is 19.5 Å². The molecule has 1 unspecified atom stereocenters. The van der Waals surface area contributed by atoms with Crippen molar-refractivity contribution in [2.45, 2.75) is 77.1 Å². The maximum Gasteiger partial charge on any atom is 0.412 e. The van der Waals surface area contributed by atoms with E-state index in [-0.39, 0.29) is 18.5 Å². The number of rotatable bonds is 4. The summed E-state index contributed by atoms with van der Waals surface area (Å²) in [6.45, 7) is 3.67. The summed E-state index contributed by atoms with van der Waals surface area (Å²) in [6, 6.07) is 0. The number of nitrogens with zero attached hydrogens (tertiary/aromatic N) is 1. The maximum atomic E-state index is 12.0. The second kappa shape index (κ2) is 7.73. The number of piperidine rings is 1. The third-order valence-corrected chi connectivity index (χ3v) is 4.08. The van der Waals surface area contributed by atoms with Crippen molar-refractivity contribution in [1.82, 2.24) is 4.90 Å². The van der Waals surface area contributed by atoms with Crippen LogP contribution in [0.3, 0.4) is 0 Å². The van der Waals surface area contributed by atoms with E-state index in [1.165, 1.54) is 25.7 Å². The van der Waals surface area contributed by atoms with Crippen molar-refractivity contribution in [1.29, 1.82) is 0 Å². The van der Waals surface area contributed by atoms with Gasteiger partial charge in [-0.25, -0.2) is 4.79 Å². The van der Waals surface area contributed by atoms with Gasteiger partial charge in [0.2, 0.25) is 6.29 Å². The summed E-state index contributed by atoms with van der Waals surface area (Å²) in [5, 5.41) is 0. The first-order chi connectivity index (χ1) is 9.29. The lowest BCUT2D eigenvalue weighted by Crippen LogP contribution is -2.39. The molecule has 0 aromatic heterocycles. The van der Waals surface area contributed by atoms with Crippen LogP contribution < -0.4 is 0 Å². The van der Waals surface area contributed by atoms with E-state index in [0.717, 1.165) is 45.2 Å². The summed E-state index contributed by atoms with van der Waals surface area (Å²) in [4.78, 5) is 13.8. The Hall–Kier alpha value is -0.770. The molecule has 0 aromatic rings. The van der Waals surface area contributed by atoms with Gasteiger partial charge in [-0.2, -0.15) is 0 Å². The highest BCUT2D eigenvalue weighted by molar-refractivity contribution is 5.67. The Bertz CT molecular complexity index is 271. The predicted molar refractivity (Wildman–Crippen MR) is 73.9 cm³/mol. The Morgan fingerprint density at radius 1 is 1.11 bits per heavy atom. The van der Waals surface area contributed by atoms with Crippen molar-refractivity contribution in [3.05, 3.63) is 0 Å². The monoisotopic (exact) mass is 269 g/mol. The molecule has 0 spiro atoms. The maximum absolute atomic E-state index is 12.0. The first kappa shape index (κ1) is 14.6. The molecule has 0 radical (unpaired) electrons. The van der Waals surface area contributed by atoms with E-state index in [9.17, 15) is 4.79 Å². The number of hydrogen-bond donors (Lipinski definition) is 0. The van der Waals surface area contributed by atoms with E-state index in [2.05, 4.69) is 0 Å². The molecule has 0 aromatic carbocycles. The fourth-order valence-electron chi connectivity index (χ4n) is 2.89. The summed E-state index contributed by atoms with van der Waals surface area (Å²) in [5.74, 6) is 0. The molecule has 0 bridgehead atoms. The predicted octanol–water partition coefficient (Wildman–Crippen LogP) is 3.69. The number of carbonyl (C=O) groups is 1. The minimum absolute atomic E-state index is 0.192. The minimum atomic E-state index is -0.363. The Morgan fingerprint density at radius 2 is 1.74 bits per heavy atom. The molecule has 1 aliphatic heterocycles. The largest absolute Gasteiger partial charge is 0.419 e. The van der Waals surface area contributed by atoms with Gasteiger partial charge in [0.05, 0.1) is 6.10 Å². The molecule has 2 fully saturated rings. The number of hydrogen-bond acceptors (Lipinski definition) is 3. The fraction of sp³-hybridized carbons (Fsp3) is 0.933. The normalized spacial score (nSPS) is 23.1. The van der Waals surface area contributed by atoms with E-state index in [1.807, 2.05) is 11.8 Å². The SMILES string of the molecule is CCC(OC(=O)N1CCCCC1)OC1CCCCC1. The van der Waals surface area contributed by atoms with Gasteiger partial charge in [-0.15, -0.1) is 0 Å². The molecule has 0 N–H and O–H groups in total. The molecule has 1 amide bonds. The number of likely N-dealkylation sites (tertiary alicyclic amines) is 1. The highest BCUT2D eigenvalue weighted by atomic mass is 16.7. The molecular weight excluding hydrogens is 242 g/mol. The van der Waals surface area contributed by atoms with Crippen LogP contribution in [0.25, 0.3) is 0 Å². The van der Waals surface area contributed by atoms with E-state index in [4.69, 9.17) is 9.47 Å². The van der Waals surface area contributed by atoms with Crippen LogP contribution in [0.1, 0.15) is 64.7 Å². The number of carbonyl (C=O) groups excluding carboxylic acids is 1. The molecule has 19 heavy (non-hydrogen) atoms.